The minimum absolute atomic E-state index is 0.188. The van der Waals surface area contributed by atoms with Crippen molar-refractivity contribution in [3.63, 3.8) is 0 Å². The summed E-state index contributed by atoms with van der Waals surface area (Å²) in [5, 5.41) is 10.5. The second kappa shape index (κ2) is 7.39. The molecule has 4 atom stereocenters. The Kier molecular flexibility index (Phi) is 5.69. The Labute approximate surface area is 181 Å². The lowest BCUT2D eigenvalue weighted by Gasteiger charge is -2.43. The van der Waals surface area contributed by atoms with Crippen molar-refractivity contribution in [1.82, 2.24) is 9.55 Å². The smallest absolute Gasteiger partial charge is 0.330 e. The summed E-state index contributed by atoms with van der Waals surface area (Å²) in [7, 11) is -6.78. The first-order valence-corrected chi connectivity index (χ1v) is 14.1. The summed E-state index contributed by atoms with van der Waals surface area (Å²) in [6.45, 7) is 10.7. The number of aliphatic hydroxyl groups excluding tert-OH is 1. The van der Waals surface area contributed by atoms with Crippen molar-refractivity contribution < 1.29 is 26.9 Å². The van der Waals surface area contributed by atoms with E-state index in [4.69, 9.17) is 19.1 Å². The van der Waals surface area contributed by atoms with Gasteiger partial charge < -0.3 is 20.0 Å². The summed E-state index contributed by atoms with van der Waals surface area (Å²) in [6, 6.07) is 0. The average Bonchev–Trinajstić information content (AvgIpc) is 3.03. The van der Waals surface area contributed by atoms with E-state index < -0.39 is 60.3 Å². The molecule has 0 bridgehead atoms. The lowest BCUT2D eigenvalue weighted by Crippen LogP contribution is -2.58. The number of aliphatic hydroxyl groups is 1. The van der Waals surface area contributed by atoms with Crippen LogP contribution >= 0.6 is 0 Å². The quantitative estimate of drug-likeness (QED) is 0.402. The van der Waals surface area contributed by atoms with Crippen LogP contribution in [0.2, 0.25) is 18.1 Å². The molecule has 1 aromatic heterocycles. The Morgan fingerprint density at radius 3 is 2.45 bits per heavy atom. The van der Waals surface area contributed by atoms with E-state index in [9.17, 15) is 23.1 Å². The van der Waals surface area contributed by atoms with E-state index in [2.05, 4.69) is 4.98 Å². The molecule has 0 saturated carbocycles. The fourth-order valence-electron chi connectivity index (χ4n) is 3.50. The van der Waals surface area contributed by atoms with Crippen LogP contribution in [-0.2, 0) is 23.5 Å². The number of nitrogens with zero attached hydrogens (tertiary/aromatic N) is 1. The van der Waals surface area contributed by atoms with Crippen LogP contribution in [0.5, 0.6) is 0 Å². The molecular formula is C18H29N3O8SSi. The topological polar surface area (TPSA) is 163 Å². The van der Waals surface area contributed by atoms with Gasteiger partial charge in [-0.2, -0.15) is 8.42 Å². The van der Waals surface area contributed by atoms with Crippen LogP contribution in [0.25, 0.3) is 0 Å². The van der Waals surface area contributed by atoms with Crippen LogP contribution in [0.15, 0.2) is 26.9 Å². The van der Waals surface area contributed by atoms with Crippen molar-refractivity contribution >= 4 is 18.4 Å². The number of H-pyrrole nitrogens is 1. The van der Waals surface area contributed by atoms with Gasteiger partial charge >= 0.3 is 5.69 Å². The summed E-state index contributed by atoms with van der Waals surface area (Å²) in [6.07, 6.45) is -2.35. The Hall–Kier alpha value is -1.77. The van der Waals surface area contributed by atoms with Crippen LogP contribution in [0.4, 0.5) is 0 Å². The number of nitrogens with one attached hydrogen (secondary N) is 1. The van der Waals surface area contributed by atoms with Gasteiger partial charge in [0.25, 0.3) is 15.7 Å². The number of ether oxygens (including phenoxy) is 1. The van der Waals surface area contributed by atoms with E-state index in [1.807, 2.05) is 33.9 Å². The highest BCUT2D eigenvalue weighted by Gasteiger charge is 2.66. The zero-order valence-corrected chi connectivity index (χ0v) is 20.1. The zero-order chi connectivity index (χ0) is 23.6. The highest BCUT2D eigenvalue weighted by Crippen LogP contribution is 2.51. The molecular weight excluding hydrogens is 446 g/mol. The van der Waals surface area contributed by atoms with Crippen molar-refractivity contribution in [1.29, 1.82) is 0 Å². The Balaban J connectivity index is 2.25. The molecule has 13 heteroatoms. The third kappa shape index (κ3) is 3.83. The first kappa shape index (κ1) is 23.9. The van der Waals surface area contributed by atoms with Crippen LogP contribution in [-0.4, -0.2) is 55.8 Å². The second-order valence-electron chi connectivity index (χ2n) is 9.42. The number of aromatic amines is 1. The maximum Gasteiger partial charge on any atom is 0.330 e. The molecule has 1 spiro atoms. The van der Waals surface area contributed by atoms with Crippen LogP contribution in [0, 0.1) is 6.92 Å². The molecule has 0 amide bonds. The lowest BCUT2D eigenvalue weighted by molar-refractivity contribution is -0.0588. The van der Waals surface area contributed by atoms with Gasteiger partial charge in [0.05, 0.1) is 17.7 Å². The van der Waals surface area contributed by atoms with Crippen molar-refractivity contribution in [2.75, 3.05) is 6.61 Å². The molecule has 31 heavy (non-hydrogen) atoms. The van der Waals surface area contributed by atoms with Gasteiger partial charge in [0.2, 0.25) is 0 Å². The van der Waals surface area contributed by atoms with Gasteiger partial charge in [-0.3, -0.25) is 14.3 Å². The largest absolute Gasteiger partial charge is 0.406 e. The second-order valence-corrected chi connectivity index (χ2v) is 15.6. The maximum absolute atomic E-state index is 12.6. The molecule has 0 radical (unpaired) electrons. The monoisotopic (exact) mass is 475 g/mol. The molecule has 1 aromatic rings. The summed E-state index contributed by atoms with van der Waals surface area (Å²) >= 11 is 0. The fourth-order valence-corrected chi connectivity index (χ4v) is 6.01. The zero-order valence-electron chi connectivity index (χ0n) is 18.3. The Morgan fingerprint density at radius 1 is 1.35 bits per heavy atom. The molecule has 2 aliphatic rings. The first-order chi connectivity index (χ1) is 14.1. The van der Waals surface area contributed by atoms with Gasteiger partial charge in [-0.05, 0) is 25.1 Å². The fraction of sp³-hybridized carbons (Fsp3) is 0.667. The number of hydrogen-bond donors (Lipinski definition) is 3. The van der Waals surface area contributed by atoms with Gasteiger partial charge in [-0.25, -0.2) is 8.98 Å². The molecule has 1 saturated heterocycles. The van der Waals surface area contributed by atoms with E-state index in [1.54, 1.807) is 0 Å². The SMILES string of the molecule is Cc1cn(C2OC(CO)C3(OS(=O)(=O)C=C3N)C2O[Si](C)(C)C(C)(C)C)c(=O)[nH]c1=O. The third-order valence-corrected chi connectivity index (χ3v) is 11.8. The molecule has 3 heterocycles. The van der Waals surface area contributed by atoms with Crippen molar-refractivity contribution in [3.05, 3.63) is 43.7 Å². The molecule has 0 aromatic carbocycles. The van der Waals surface area contributed by atoms with Gasteiger partial charge in [0.15, 0.2) is 20.1 Å². The minimum Gasteiger partial charge on any atom is -0.406 e. The van der Waals surface area contributed by atoms with Crippen LogP contribution in [0.1, 0.15) is 32.6 Å². The van der Waals surface area contributed by atoms with Gasteiger partial charge in [-0.1, -0.05) is 20.8 Å². The molecule has 2 aliphatic heterocycles. The molecule has 0 aliphatic carbocycles. The van der Waals surface area contributed by atoms with E-state index in [0.29, 0.717) is 0 Å². The maximum atomic E-state index is 12.6. The molecule has 3 rings (SSSR count). The van der Waals surface area contributed by atoms with Crippen LogP contribution < -0.4 is 17.0 Å². The molecule has 174 valence electrons. The predicted octanol–water partition coefficient (Wildman–Crippen LogP) is 0.0240. The highest BCUT2D eigenvalue weighted by atomic mass is 32.2. The number of aryl methyl sites for hydroxylation is 1. The number of nitrogens with two attached hydrogens (primary N) is 1. The molecule has 11 nitrogen and oxygen atoms in total. The Bertz CT molecular complexity index is 1130. The Morgan fingerprint density at radius 2 is 1.97 bits per heavy atom. The van der Waals surface area contributed by atoms with Crippen LogP contribution in [0.3, 0.4) is 0 Å². The lowest BCUT2D eigenvalue weighted by atomic mass is 9.89. The first-order valence-electron chi connectivity index (χ1n) is 9.75. The summed E-state index contributed by atoms with van der Waals surface area (Å²) in [5.41, 5.74) is 2.97. The number of hydrogen-bond acceptors (Lipinski definition) is 9. The number of aromatic nitrogens is 2. The van der Waals surface area contributed by atoms with Gasteiger partial charge in [0.1, 0.15) is 12.2 Å². The summed E-state index contributed by atoms with van der Waals surface area (Å²) in [5.74, 6) is 0. The van der Waals surface area contributed by atoms with E-state index in [-0.39, 0.29) is 16.3 Å². The molecule has 1 fully saturated rings. The predicted molar refractivity (Wildman–Crippen MR) is 114 cm³/mol. The molecule has 4 unspecified atom stereocenters. The molecule has 4 N–H and O–H groups in total. The standard InChI is InChI=1S/C18H29N3O8SSi/c1-10-7-21(16(24)20-14(10)23)15-13(28-31(5,6)17(2,3)4)18(12(8-22)27-15)11(19)9-30(25,26)29-18/h7,9,12-13,15,22H,8,19H2,1-6H3,(H,20,23,24). The van der Waals surface area contributed by atoms with Crippen molar-refractivity contribution in [3.8, 4) is 0 Å². The van der Waals surface area contributed by atoms with E-state index in [1.165, 1.54) is 13.1 Å². The van der Waals surface area contributed by atoms with Crippen molar-refractivity contribution in [2.24, 2.45) is 5.73 Å². The van der Waals surface area contributed by atoms with Gasteiger partial charge in [0, 0.05) is 11.8 Å². The van der Waals surface area contributed by atoms with E-state index in [0.717, 1.165) is 9.98 Å². The van der Waals surface area contributed by atoms with Crippen molar-refractivity contribution in [2.45, 2.75) is 69.9 Å². The minimum atomic E-state index is -4.17. The number of rotatable bonds is 4. The normalized spacial score (nSPS) is 30.7. The highest BCUT2D eigenvalue weighted by molar-refractivity contribution is 7.90. The summed E-state index contributed by atoms with van der Waals surface area (Å²) in [4.78, 5) is 26.7. The third-order valence-electron chi connectivity index (χ3n) is 6.25. The van der Waals surface area contributed by atoms with Gasteiger partial charge in [-0.15, -0.1) is 0 Å². The summed E-state index contributed by atoms with van der Waals surface area (Å²) < 4.78 is 43.6. The van der Waals surface area contributed by atoms with E-state index >= 15 is 0 Å². The average molecular weight is 476 g/mol.